The first-order chi connectivity index (χ1) is 32.3. The van der Waals surface area contributed by atoms with Gasteiger partial charge in [0.05, 0.1) is 25.4 Å². The van der Waals surface area contributed by atoms with Crippen molar-refractivity contribution in [3.63, 3.8) is 0 Å². The van der Waals surface area contributed by atoms with Crippen LogP contribution in [0.15, 0.2) is 109 Å². The largest absolute Gasteiger partial charge is 0.394 e. The molecule has 1 rings (SSSR count). The highest BCUT2D eigenvalue weighted by molar-refractivity contribution is 5.76. The Bertz CT molecular complexity index is 1390. The van der Waals surface area contributed by atoms with Crippen molar-refractivity contribution in [3.8, 4) is 0 Å². The van der Waals surface area contributed by atoms with E-state index in [2.05, 4.69) is 116 Å². The van der Waals surface area contributed by atoms with Crippen molar-refractivity contribution in [2.45, 2.75) is 230 Å². The Balaban J connectivity index is 2.15. The first-order valence-electron chi connectivity index (χ1n) is 26.1. The quantitative estimate of drug-likeness (QED) is 0.0262. The smallest absolute Gasteiger partial charge is 0.220 e. The molecule has 0 aromatic heterocycles. The molecular weight excluding hydrogens is 827 g/mol. The molecule has 1 heterocycles. The van der Waals surface area contributed by atoms with Gasteiger partial charge in [0.15, 0.2) is 6.29 Å². The lowest BCUT2D eigenvalue weighted by molar-refractivity contribution is -0.302. The summed E-state index contributed by atoms with van der Waals surface area (Å²) in [4.78, 5) is 13.0. The Hall–Kier alpha value is -3.15. The van der Waals surface area contributed by atoms with Crippen LogP contribution < -0.4 is 5.32 Å². The Morgan fingerprint density at radius 2 is 0.909 bits per heavy atom. The highest BCUT2D eigenvalue weighted by atomic mass is 16.7. The number of rotatable bonds is 42. The van der Waals surface area contributed by atoms with Gasteiger partial charge in [-0.15, -0.1) is 0 Å². The van der Waals surface area contributed by atoms with Gasteiger partial charge in [0.1, 0.15) is 24.4 Å². The SMILES string of the molecule is CC/C=C\C/C=C\C/C=C\C/C=C\C/C=C\C/C=C\CCCCCCCCCCCCCCCCC(=O)NC(COC1OC(CO)C(O)C(O)C1O)C(O)/C=C/CC/C=C/CC/C=C/CC. The molecule has 6 N–H and O–H groups in total. The van der Waals surface area contributed by atoms with Crippen LogP contribution in [0.5, 0.6) is 0 Å². The molecule has 0 aromatic rings. The molecule has 0 radical (unpaired) electrons. The first-order valence-corrected chi connectivity index (χ1v) is 26.1. The van der Waals surface area contributed by atoms with Crippen LogP contribution in [0.1, 0.15) is 187 Å². The molecule has 1 aliphatic heterocycles. The molecule has 9 nitrogen and oxygen atoms in total. The van der Waals surface area contributed by atoms with Gasteiger partial charge >= 0.3 is 0 Å². The summed E-state index contributed by atoms with van der Waals surface area (Å²) in [6.07, 6.45) is 60.3. The fraction of sp³-hybridized carbons (Fsp3) is 0.667. The molecule has 0 saturated carbocycles. The molecule has 0 spiro atoms. The molecule has 0 aliphatic carbocycles. The van der Waals surface area contributed by atoms with Crippen LogP contribution in [-0.4, -0.2) is 87.5 Å². The highest BCUT2D eigenvalue weighted by Crippen LogP contribution is 2.22. The van der Waals surface area contributed by atoms with Gasteiger partial charge < -0.3 is 40.3 Å². The van der Waals surface area contributed by atoms with Crippen molar-refractivity contribution in [1.82, 2.24) is 5.32 Å². The number of aliphatic hydroxyl groups excluding tert-OH is 5. The average molecular weight is 922 g/mol. The lowest BCUT2D eigenvalue weighted by atomic mass is 9.99. The zero-order valence-electron chi connectivity index (χ0n) is 41.4. The minimum Gasteiger partial charge on any atom is -0.394 e. The maximum atomic E-state index is 13.0. The number of carbonyl (C=O) groups excluding carboxylic acids is 1. The average Bonchev–Trinajstić information content (AvgIpc) is 3.32. The summed E-state index contributed by atoms with van der Waals surface area (Å²) in [6, 6.07) is -0.832. The summed E-state index contributed by atoms with van der Waals surface area (Å²) < 4.78 is 11.2. The zero-order valence-corrected chi connectivity index (χ0v) is 41.4. The number of ether oxygens (including phenoxy) is 2. The van der Waals surface area contributed by atoms with E-state index in [0.717, 1.165) is 89.9 Å². The normalized spacial score (nSPS) is 20.7. The summed E-state index contributed by atoms with van der Waals surface area (Å²) in [5.41, 5.74) is 0. The lowest BCUT2D eigenvalue weighted by Crippen LogP contribution is -2.60. The molecular formula is C57H95NO8. The number of unbranched alkanes of at least 4 members (excludes halogenated alkanes) is 16. The third kappa shape index (κ3) is 35.1. The zero-order chi connectivity index (χ0) is 48.0. The molecule has 9 heteroatoms. The third-order valence-electron chi connectivity index (χ3n) is 11.6. The highest BCUT2D eigenvalue weighted by Gasteiger charge is 2.44. The van der Waals surface area contributed by atoms with Gasteiger partial charge in [0, 0.05) is 6.42 Å². The lowest BCUT2D eigenvalue weighted by Gasteiger charge is -2.40. The van der Waals surface area contributed by atoms with Crippen LogP contribution in [0.3, 0.4) is 0 Å². The topological polar surface area (TPSA) is 149 Å². The second-order valence-electron chi connectivity index (χ2n) is 17.5. The number of hydrogen-bond acceptors (Lipinski definition) is 8. The fourth-order valence-electron chi connectivity index (χ4n) is 7.49. The van der Waals surface area contributed by atoms with Crippen molar-refractivity contribution in [1.29, 1.82) is 0 Å². The van der Waals surface area contributed by atoms with Gasteiger partial charge in [-0.3, -0.25) is 4.79 Å². The number of allylic oxidation sites excluding steroid dienone is 17. The number of hydrogen-bond donors (Lipinski definition) is 6. The monoisotopic (exact) mass is 922 g/mol. The van der Waals surface area contributed by atoms with E-state index in [4.69, 9.17) is 9.47 Å². The van der Waals surface area contributed by atoms with E-state index in [1.54, 1.807) is 6.08 Å². The summed E-state index contributed by atoms with van der Waals surface area (Å²) in [7, 11) is 0. The van der Waals surface area contributed by atoms with E-state index in [1.165, 1.54) is 77.0 Å². The van der Waals surface area contributed by atoms with E-state index in [1.807, 2.05) is 6.08 Å². The Labute approximate surface area is 402 Å². The van der Waals surface area contributed by atoms with Gasteiger partial charge in [-0.1, -0.05) is 200 Å². The molecule has 1 amide bonds. The number of amides is 1. The van der Waals surface area contributed by atoms with Crippen LogP contribution in [0.2, 0.25) is 0 Å². The predicted octanol–water partition coefficient (Wildman–Crippen LogP) is 12.2. The molecule has 66 heavy (non-hydrogen) atoms. The molecule has 7 atom stereocenters. The molecule has 376 valence electrons. The molecule has 0 aromatic carbocycles. The van der Waals surface area contributed by atoms with Crippen LogP contribution in [0.25, 0.3) is 0 Å². The molecule has 1 saturated heterocycles. The second kappa shape index (κ2) is 45.6. The first kappa shape index (κ1) is 60.9. The molecule has 1 fully saturated rings. The van der Waals surface area contributed by atoms with Crippen LogP contribution >= 0.6 is 0 Å². The summed E-state index contributed by atoms with van der Waals surface area (Å²) in [6.45, 7) is 3.49. The van der Waals surface area contributed by atoms with Crippen LogP contribution in [0.4, 0.5) is 0 Å². The van der Waals surface area contributed by atoms with E-state index in [0.29, 0.717) is 6.42 Å². The molecule has 1 aliphatic rings. The Morgan fingerprint density at radius 3 is 1.39 bits per heavy atom. The summed E-state index contributed by atoms with van der Waals surface area (Å²) in [5.74, 6) is -0.199. The molecule has 7 unspecified atom stereocenters. The number of aliphatic hydroxyl groups is 5. The second-order valence-corrected chi connectivity index (χ2v) is 17.5. The summed E-state index contributed by atoms with van der Waals surface area (Å²) >= 11 is 0. The van der Waals surface area contributed by atoms with Gasteiger partial charge in [0.2, 0.25) is 5.91 Å². The Kier molecular flexibility index (Phi) is 42.1. The minimum atomic E-state index is -1.58. The van der Waals surface area contributed by atoms with Gasteiger partial charge in [-0.2, -0.15) is 0 Å². The number of carbonyl (C=O) groups is 1. The van der Waals surface area contributed by atoms with E-state index in [9.17, 15) is 30.3 Å². The van der Waals surface area contributed by atoms with E-state index < -0.39 is 49.5 Å². The van der Waals surface area contributed by atoms with Gasteiger partial charge in [-0.25, -0.2) is 0 Å². The predicted molar refractivity (Wildman–Crippen MR) is 276 cm³/mol. The van der Waals surface area contributed by atoms with Crippen molar-refractivity contribution in [2.24, 2.45) is 0 Å². The Morgan fingerprint density at radius 1 is 0.515 bits per heavy atom. The maximum absolute atomic E-state index is 13.0. The third-order valence-corrected chi connectivity index (χ3v) is 11.6. The van der Waals surface area contributed by atoms with E-state index >= 15 is 0 Å². The summed E-state index contributed by atoms with van der Waals surface area (Å²) in [5, 5.41) is 54.1. The number of nitrogens with one attached hydrogen (secondary N) is 1. The standard InChI is InChI=1S/C57H95NO8/c1-3-5-7-9-11-13-15-16-17-18-19-20-21-22-23-24-25-26-27-28-29-30-31-32-33-34-35-36-37-39-41-43-45-47-53(61)58-50(49-65-57-56(64)55(63)54(62)52(48-59)66-57)51(60)46-44-42-40-38-14-12-10-8-6-4-2/h5-8,11,13-14,16-17,19-20,22-23,25-26,38,44,46,50-52,54-57,59-60,62-64H,3-4,9-10,12,15,18,21,24,27-37,39-43,45,47-49H2,1-2H3,(H,58,61)/b7-5-,8-6+,13-11-,17-16-,20-19-,23-22-,26-25-,38-14+,46-44+. The van der Waals surface area contributed by atoms with Crippen molar-refractivity contribution in [3.05, 3.63) is 109 Å². The fourth-order valence-corrected chi connectivity index (χ4v) is 7.49. The van der Waals surface area contributed by atoms with Gasteiger partial charge in [0.25, 0.3) is 0 Å². The van der Waals surface area contributed by atoms with Crippen molar-refractivity contribution >= 4 is 5.91 Å². The van der Waals surface area contributed by atoms with Crippen LogP contribution in [-0.2, 0) is 14.3 Å². The van der Waals surface area contributed by atoms with Crippen molar-refractivity contribution in [2.75, 3.05) is 13.2 Å². The van der Waals surface area contributed by atoms with E-state index in [-0.39, 0.29) is 12.5 Å². The van der Waals surface area contributed by atoms with Gasteiger partial charge in [-0.05, 0) is 89.9 Å². The van der Waals surface area contributed by atoms with Crippen molar-refractivity contribution < 1.29 is 39.8 Å². The minimum absolute atomic E-state index is 0.199. The maximum Gasteiger partial charge on any atom is 0.220 e. The molecule has 0 bridgehead atoms. The van der Waals surface area contributed by atoms with Crippen LogP contribution in [0, 0.1) is 0 Å².